The van der Waals surface area contributed by atoms with Gasteiger partial charge in [-0.1, -0.05) is 35.4 Å². The fourth-order valence-electron chi connectivity index (χ4n) is 3.01. The smallest absolute Gasteiger partial charge is 0.315 e. The first-order valence-electron chi connectivity index (χ1n) is 8.14. The SMILES string of the molecule is c1ccc(CO[C@@H]2CCC[C@H]2Nc2nnc(C3CC3)o2)cc1. The number of nitrogens with zero attached hydrogens (tertiary/aromatic N) is 2. The van der Waals surface area contributed by atoms with Crippen LogP contribution in [0.4, 0.5) is 6.01 Å². The number of anilines is 1. The van der Waals surface area contributed by atoms with Gasteiger partial charge in [0.2, 0.25) is 5.89 Å². The molecule has 116 valence electrons. The van der Waals surface area contributed by atoms with E-state index in [0.29, 0.717) is 18.5 Å². The molecule has 1 aromatic carbocycles. The maximum absolute atomic E-state index is 6.09. The van der Waals surface area contributed by atoms with Crippen molar-refractivity contribution in [2.75, 3.05) is 5.32 Å². The van der Waals surface area contributed by atoms with Gasteiger partial charge in [-0.05, 0) is 37.7 Å². The van der Waals surface area contributed by atoms with Gasteiger partial charge in [0.05, 0.1) is 18.8 Å². The van der Waals surface area contributed by atoms with Crippen molar-refractivity contribution in [3.8, 4) is 0 Å². The second-order valence-corrected chi connectivity index (χ2v) is 6.24. The van der Waals surface area contributed by atoms with Gasteiger partial charge in [-0.25, -0.2) is 0 Å². The fraction of sp³-hybridized carbons (Fsp3) is 0.529. The number of aromatic nitrogens is 2. The first-order chi connectivity index (χ1) is 10.9. The molecule has 2 aromatic rings. The van der Waals surface area contributed by atoms with Crippen LogP contribution in [0.5, 0.6) is 0 Å². The van der Waals surface area contributed by atoms with Gasteiger partial charge >= 0.3 is 6.01 Å². The largest absolute Gasteiger partial charge is 0.408 e. The van der Waals surface area contributed by atoms with E-state index >= 15 is 0 Å². The van der Waals surface area contributed by atoms with E-state index in [0.717, 1.165) is 18.7 Å². The van der Waals surface area contributed by atoms with Crippen LogP contribution in [0.1, 0.15) is 49.5 Å². The van der Waals surface area contributed by atoms with Crippen molar-refractivity contribution in [1.82, 2.24) is 10.2 Å². The molecule has 22 heavy (non-hydrogen) atoms. The summed E-state index contributed by atoms with van der Waals surface area (Å²) in [6.45, 7) is 0.654. The highest BCUT2D eigenvalue weighted by Crippen LogP contribution is 2.39. The van der Waals surface area contributed by atoms with Crippen molar-refractivity contribution >= 4 is 6.01 Å². The second-order valence-electron chi connectivity index (χ2n) is 6.24. The molecule has 0 saturated heterocycles. The molecule has 0 unspecified atom stereocenters. The molecule has 0 spiro atoms. The summed E-state index contributed by atoms with van der Waals surface area (Å²) in [7, 11) is 0. The molecule has 2 fully saturated rings. The lowest BCUT2D eigenvalue weighted by atomic mass is 10.2. The average Bonchev–Trinajstić information content (AvgIpc) is 3.14. The highest BCUT2D eigenvalue weighted by Gasteiger charge is 2.32. The Balaban J connectivity index is 1.34. The van der Waals surface area contributed by atoms with E-state index in [1.54, 1.807) is 0 Å². The van der Waals surface area contributed by atoms with Gasteiger partial charge in [0.1, 0.15) is 0 Å². The fourth-order valence-corrected chi connectivity index (χ4v) is 3.01. The van der Waals surface area contributed by atoms with Gasteiger partial charge in [0.15, 0.2) is 0 Å². The van der Waals surface area contributed by atoms with Gasteiger partial charge in [-0.2, -0.15) is 0 Å². The molecular weight excluding hydrogens is 278 g/mol. The number of nitrogens with one attached hydrogen (secondary N) is 1. The summed E-state index contributed by atoms with van der Waals surface area (Å²) in [4.78, 5) is 0. The van der Waals surface area contributed by atoms with Crippen molar-refractivity contribution in [3.63, 3.8) is 0 Å². The first-order valence-corrected chi connectivity index (χ1v) is 8.14. The second kappa shape index (κ2) is 6.08. The molecule has 0 aliphatic heterocycles. The Bertz CT molecular complexity index is 609. The summed E-state index contributed by atoms with van der Waals surface area (Å²) in [5.74, 6) is 1.28. The van der Waals surface area contributed by atoms with Gasteiger partial charge in [0, 0.05) is 5.92 Å². The molecule has 5 nitrogen and oxygen atoms in total. The molecule has 0 amide bonds. The van der Waals surface area contributed by atoms with Crippen molar-refractivity contribution in [3.05, 3.63) is 41.8 Å². The Morgan fingerprint density at radius 3 is 2.77 bits per heavy atom. The summed E-state index contributed by atoms with van der Waals surface area (Å²) < 4.78 is 11.8. The Hall–Kier alpha value is -1.88. The summed E-state index contributed by atoms with van der Waals surface area (Å²) in [5, 5.41) is 11.6. The topological polar surface area (TPSA) is 60.2 Å². The number of hydrogen-bond acceptors (Lipinski definition) is 5. The third-order valence-corrected chi connectivity index (χ3v) is 4.44. The van der Waals surface area contributed by atoms with Crippen LogP contribution in [0.15, 0.2) is 34.7 Å². The molecule has 1 heterocycles. The Labute approximate surface area is 130 Å². The van der Waals surface area contributed by atoms with Crippen LogP contribution in [0.2, 0.25) is 0 Å². The first kappa shape index (κ1) is 13.8. The molecule has 4 rings (SSSR count). The van der Waals surface area contributed by atoms with Crippen molar-refractivity contribution in [2.45, 2.75) is 56.8 Å². The molecular formula is C17H21N3O2. The van der Waals surface area contributed by atoms with Crippen LogP contribution in [0.25, 0.3) is 0 Å². The zero-order chi connectivity index (χ0) is 14.8. The minimum absolute atomic E-state index is 0.205. The standard InChI is InChI=1S/C17H21N3O2/c1-2-5-12(6-3-1)11-21-15-8-4-7-14(15)18-17-20-19-16(22-17)13-9-10-13/h1-3,5-6,13-15H,4,7-11H2,(H,18,20)/t14-,15-/m1/s1. The third kappa shape index (κ3) is 3.14. The molecule has 0 bridgehead atoms. The monoisotopic (exact) mass is 299 g/mol. The molecule has 2 atom stereocenters. The average molecular weight is 299 g/mol. The van der Waals surface area contributed by atoms with E-state index in [-0.39, 0.29) is 12.1 Å². The number of rotatable bonds is 6. The van der Waals surface area contributed by atoms with Gasteiger partial charge in [-0.3, -0.25) is 0 Å². The lowest BCUT2D eigenvalue weighted by Crippen LogP contribution is -2.30. The summed E-state index contributed by atoms with van der Waals surface area (Å²) in [6.07, 6.45) is 5.88. The van der Waals surface area contributed by atoms with E-state index in [1.165, 1.54) is 24.8 Å². The summed E-state index contributed by atoms with van der Waals surface area (Å²) in [6, 6.07) is 11.1. The molecule has 2 saturated carbocycles. The van der Waals surface area contributed by atoms with Crippen LogP contribution in [0.3, 0.4) is 0 Å². The van der Waals surface area contributed by atoms with Crippen molar-refractivity contribution in [2.24, 2.45) is 0 Å². The quantitative estimate of drug-likeness (QED) is 0.884. The van der Waals surface area contributed by atoms with Crippen molar-refractivity contribution < 1.29 is 9.15 Å². The number of hydrogen-bond donors (Lipinski definition) is 1. The van der Waals surface area contributed by atoms with Crippen LogP contribution < -0.4 is 5.32 Å². The Morgan fingerprint density at radius 2 is 1.95 bits per heavy atom. The Kier molecular flexibility index (Phi) is 3.81. The van der Waals surface area contributed by atoms with Crippen LogP contribution in [0, 0.1) is 0 Å². The third-order valence-electron chi connectivity index (χ3n) is 4.44. The van der Waals surface area contributed by atoms with Crippen LogP contribution in [-0.2, 0) is 11.3 Å². The van der Waals surface area contributed by atoms with Gasteiger partial charge in [0.25, 0.3) is 0 Å². The van der Waals surface area contributed by atoms with Crippen LogP contribution >= 0.6 is 0 Å². The van der Waals surface area contributed by atoms with E-state index < -0.39 is 0 Å². The molecule has 2 aliphatic rings. The number of benzene rings is 1. The van der Waals surface area contributed by atoms with E-state index in [1.807, 2.05) is 18.2 Å². The molecule has 1 N–H and O–H groups in total. The highest BCUT2D eigenvalue weighted by atomic mass is 16.5. The van der Waals surface area contributed by atoms with E-state index in [2.05, 4.69) is 27.6 Å². The van der Waals surface area contributed by atoms with E-state index in [9.17, 15) is 0 Å². The molecule has 2 aliphatic carbocycles. The zero-order valence-corrected chi connectivity index (χ0v) is 12.6. The number of ether oxygens (including phenoxy) is 1. The van der Waals surface area contributed by atoms with Crippen LogP contribution in [-0.4, -0.2) is 22.3 Å². The van der Waals surface area contributed by atoms with Crippen molar-refractivity contribution in [1.29, 1.82) is 0 Å². The predicted octanol–water partition coefficient (Wildman–Crippen LogP) is 3.50. The lowest BCUT2D eigenvalue weighted by Gasteiger charge is -2.20. The summed E-state index contributed by atoms with van der Waals surface area (Å²) in [5.41, 5.74) is 1.21. The summed E-state index contributed by atoms with van der Waals surface area (Å²) >= 11 is 0. The maximum atomic E-state index is 6.09. The Morgan fingerprint density at radius 1 is 1.09 bits per heavy atom. The minimum atomic E-state index is 0.205. The van der Waals surface area contributed by atoms with Gasteiger partial charge < -0.3 is 14.5 Å². The minimum Gasteiger partial charge on any atom is -0.408 e. The maximum Gasteiger partial charge on any atom is 0.315 e. The molecule has 5 heteroatoms. The highest BCUT2D eigenvalue weighted by molar-refractivity contribution is 5.23. The van der Waals surface area contributed by atoms with E-state index in [4.69, 9.17) is 9.15 Å². The molecule has 1 aromatic heterocycles. The zero-order valence-electron chi connectivity index (χ0n) is 12.6. The normalized spacial score (nSPS) is 24.5. The lowest BCUT2D eigenvalue weighted by molar-refractivity contribution is 0.0390. The molecule has 0 radical (unpaired) electrons. The van der Waals surface area contributed by atoms with Gasteiger partial charge in [-0.15, -0.1) is 5.10 Å². The predicted molar refractivity (Wildman–Crippen MR) is 82.6 cm³/mol.